The molecule has 1 aromatic heterocycles. The van der Waals surface area contributed by atoms with E-state index in [1.165, 1.54) is 24.0 Å². The Morgan fingerprint density at radius 1 is 1.18 bits per heavy atom. The van der Waals surface area contributed by atoms with Crippen molar-refractivity contribution in [2.24, 2.45) is 5.10 Å². The lowest BCUT2D eigenvalue weighted by Crippen LogP contribution is -2.54. The Hall–Kier alpha value is -3.57. The predicted octanol–water partition coefficient (Wildman–Crippen LogP) is 2.69. The molecule has 3 aliphatic rings. The number of amides is 2. The average molecular weight is 443 g/mol. The number of rotatable bonds is 4. The van der Waals surface area contributed by atoms with Gasteiger partial charge >= 0.3 is 0 Å². The van der Waals surface area contributed by atoms with Gasteiger partial charge in [-0.25, -0.2) is 4.98 Å². The van der Waals surface area contributed by atoms with Gasteiger partial charge in [0.05, 0.1) is 17.2 Å². The zero-order chi connectivity index (χ0) is 23.1. The van der Waals surface area contributed by atoms with Crippen LogP contribution in [0.4, 0.5) is 5.82 Å². The molecule has 1 aromatic carbocycles. The standard InChI is InChI=1S/C25H26N6O2/c1-16-11-18(12-26)3-7-21(16)22-14-28-31(25(22)33)23-8-4-19(13-27-23)24(32)29-9-10-30(17(2)15-29)20-5-6-20/h3-4,7-8,11,13-14,17,20,22H,5-6,9-10,15H2,1-2H3/t17-,22?/m1/s1. The van der Waals surface area contributed by atoms with Crippen molar-refractivity contribution in [1.29, 1.82) is 5.26 Å². The molecule has 3 heterocycles. The highest BCUT2D eigenvalue weighted by Crippen LogP contribution is 2.31. The molecular weight excluding hydrogens is 416 g/mol. The first kappa shape index (κ1) is 21.3. The summed E-state index contributed by atoms with van der Waals surface area (Å²) in [6, 6.07) is 11.8. The van der Waals surface area contributed by atoms with Crippen LogP contribution in [0, 0.1) is 18.3 Å². The van der Waals surface area contributed by atoms with Crippen molar-refractivity contribution in [3.05, 3.63) is 58.8 Å². The Labute approximate surface area is 193 Å². The van der Waals surface area contributed by atoms with Gasteiger partial charge in [0.15, 0.2) is 5.82 Å². The number of hydrazone groups is 1. The van der Waals surface area contributed by atoms with E-state index in [1.54, 1.807) is 36.5 Å². The van der Waals surface area contributed by atoms with Crippen LogP contribution in [-0.4, -0.2) is 64.5 Å². The Bertz CT molecular complexity index is 1160. The fraction of sp³-hybridized carbons (Fsp3) is 0.400. The van der Waals surface area contributed by atoms with Crippen molar-refractivity contribution in [3.63, 3.8) is 0 Å². The Morgan fingerprint density at radius 2 is 2.00 bits per heavy atom. The molecule has 2 fully saturated rings. The summed E-state index contributed by atoms with van der Waals surface area (Å²) in [7, 11) is 0. The highest BCUT2D eigenvalue weighted by atomic mass is 16.2. The highest BCUT2D eigenvalue weighted by molar-refractivity contribution is 6.12. The molecule has 1 saturated carbocycles. The summed E-state index contributed by atoms with van der Waals surface area (Å²) in [6.45, 7) is 6.42. The number of nitriles is 1. The summed E-state index contributed by atoms with van der Waals surface area (Å²) >= 11 is 0. The van der Waals surface area contributed by atoms with Crippen LogP contribution in [-0.2, 0) is 4.79 Å². The van der Waals surface area contributed by atoms with Gasteiger partial charge < -0.3 is 4.90 Å². The number of aryl methyl sites for hydroxylation is 1. The number of carbonyl (C=O) groups excluding carboxylic acids is 2. The van der Waals surface area contributed by atoms with Crippen LogP contribution in [0.3, 0.4) is 0 Å². The second kappa shape index (κ2) is 8.41. The minimum Gasteiger partial charge on any atom is -0.336 e. The van der Waals surface area contributed by atoms with E-state index in [0.717, 1.165) is 30.8 Å². The first-order chi connectivity index (χ1) is 16.0. The zero-order valence-corrected chi connectivity index (χ0v) is 18.8. The number of hydrogen-bond acceptors (Lipinski definition) is 6. The van der Waals surface area contributed by atoms with Gasteiger partial charge in [-0.3, -0.25) is 14.5 Å². The number of hydrogen-bond donors (Lipinski definition) is 0. The van der Waals surface area contributed by atoms with Gasteiger partial charge in [-0.05, 0) is 62.1 Å². The summed E-state index contributed by atoms with van der Waals surface area (Å²) < 4.78 is 0. The third-order valence-corrected chi connectivity index (χ3v) is 6.73. The maximum atomic E-state index is 13.0. The van der Waals surface area contributed by atoms with E-state index in [-0.39, 0.29) is 11.8 Å². The maximum Gasteiger partial charge on any atom is 0.261 e. The molecule has 33 heavy (non-hydrogen) atoms. The Morgan fingerprint density at radius 3 is 2.64 bits per heavy atom. The fourth-order valence-electron chi connectivity index (χ4n) is 4.79. The van der Waals surface area contributed by atoms with E-state index < -0.39 is 5.92 Å². The van der Waals surface area contributed by atoms with E-state index in [0.29, 0.717) is 29.0 Å². The molecule has 1 aliphatic carbocycles. The monoisotopic (exact) mass is 442 g/mol. The maximum absolute atomic E-state index is 13.0. The van der Waals surface area contributed by atoms with Crippen LogP contribution in [0.1, 0.15) is 52.7 Å². The predicted molar refractivity (Wildman–Crippen MR) is 124 cm³/mol. The lowest BCUT2D eigenvalue weighted by atomic mass is 9.94. The fourth-order valence-corrected chi connectivity index (χ4v) is 4.79. The summed E-state index contributed by atoms with van der Waals surface area (Å²) in [6.07, 6.45) is 5.66. The van der Waals surface area contributed by atoms with Crippen LogP contribution in [0.15, 0.2) is 41.6 Å². The third-order valence-electron chi connectivity index (χ3n) is 6.73. The van der Waals surface area contributed by atoms with Gasteiger partial charge in [0, 0.05) is 44.1 Å². The highest BCUT2D eigenvalue weighted by Gasteiger charge is 2.37. The van der Waals surface area contributed by atoms with E-state index >= 15 is 0 Å². The van der Waals surface area contributed by atoms with E-state index in [9.17, 15) is 9.59 Å². The van der Waals surface area contributed by atoms with Crippen LogP contribution in [0.5, 0.6) is 0 Å². The summed E-state index contributed by atoms with van der Waals surface area (Å²) in [5, 5.41) is 14.6. The minimum atomic E-state index is -0.523. The van der Waals surface area contributed by atoms with Gasteiger partial charge in [0.25, 0.3) is 11.8 Å². The van der Waals surface area contributed by atoms with Gasteiger partial charge in [-0.1, -0.05) is 6.07 Å². The number of benzene rings is 1. The summed E-state index contributed by atoms with van der Waals surface area (Å²) in [5.74, 6) is -0.378. The average Bonchev–Trinajstić information content (AvgIpc) is 3.60. The van der Waals surface area contributed by atoms with Gasteiger partial charge in [-0.15, -0.1) is 0 Å². The number of nitrogens with zero attached hydrogens (tertiary/aromatic N) is 6. The van der Waals surface area contributed by atoms with Crippen molar-refractivity contribution in [3.8, 4) is 6.07 Å². The molecule has 5 rings (SSSR count). The molecule has 2 aromatic rings. The zero-order valence-electron chi connectivity index (χ0n) is 18.8. The van der Waals surface area contributed by atoms with Crippen LogP contribution >= 0.6 is 0 Å². The molecular formula is C25H26N6O2. The van der Waals surface area contributed by atoms with Crippen LogP contribution in [0.25, 0.3) is 0 Å². The molecule has 2 aliphatic heterocycles. The number of anilines is 1. The van der Waals surface area contributed by atoms with Crippen molar-refractivity contribution < 1.29 is 9.59 Å². The van der Waals surface area contributed by atoms with Gasteiger partial charge in [0.1, 0.15) is 5.92 Å². The number of carbonyl (C=O) groups is 2. The number of pyridine rings is 1. The first-order valence-electron chi connectivity index (χ1n) is 11.4. The van der Waals surface area contributed by atoms with E-state index in [2.05, 4.69) is 28.0 Å². The smallest absolute Gasteiger partial charge is 0.261 e. The third kappa shape index (κ3) is 4.00. The topological polar surface area (TPSA) is 92.9 Å². The SMILES string of the molecule is Cc1cc(C#N)ccc1C1C=NN(c2ccc(C(=O)N3CCN(C4CC4)[C@H](C)C3)cn2)C1=O. The molecule has 0 radical (unpaired) electrons. The molecule has 1 saturated heterocycles. The van der Waals surface area contributed by atoms with Crippen molar-refractivity contribution in [2.45, 2.75) is 44.7 Å². The molecule has 2 atom stereocenters. The summed E-state index contributed by atoms with van der Waals surface area (Å²) in [4.78, 5) is 34.8. The van der Waals surface area contributed by atoms with Crippen LogP contribution < -0.4 is 5.01 Å². The minimum absolute atomic E-state index is 0.0290. The van der Waals surface area contributed by atoms with Gasteiger partial charge in [-0.2, -0.15) is 15.4 Å². The Balaban J connectivity index is 1.26. The molecule has 2 amide bonds. The second-order valence-electron chi connectivity index (χ2n) is 9.05. The molecule has 1 unspecified atom stereocenters. The molecule has 0 spiro atoms. The van der Waals surface area contributed by atoms with Crippen molar-refractivity contribution >= 4 is 23.8 Å². The Kier molecular flexibility index (Phi) is 5.43. The van der Waals surface area contributed by atoms with Crippen LogP contribution in [0.2, 0.25) is 0 Å². The molecule has 0 bridgehead atoms. The van der Waals surface area contributed by atoms with Crippen molar-refractivity contribution in [2.75, 3.05) is 24.6 Å². The second-order valence-corrected chi connectivity index (χ2v) is 9.05. The number of aromatic nitrogens is 1. The molecule has 0 N–H and O–H groups in total. The summed E-state index contributed by atoms with van der Waals surface area (Å²) in [5.41, 5.74) is 2.75. The largest absolute Gasteiger partial charge is 0.336 e. The normalized spacial score (nSPS) is 23.1. The van der Waals surface area contributed by atoms with E-state index in [4.69, 9.17) is 5.26 Å². The lowest BCUT2D eigenvalue weighted by Gasteiger charge is -2.40. The quantitative estimate of drug-likeness (QED) is 0.726. The molecule has 168 valence electrons. The molecule has 8 heteroatoms. The molecule has 8 nitrogen and oxygen atoms in total. The van der Waals surface area contributed by atoms with Gasteiger partial charge in [0.2, 0.25) is 0 Å². The lowest BCUT2D eigenvalue weighted by molar-refractivity contribution is -0.118. The van der Waals surface area contributed by atoms with Crippen molar-refractivity contribution in [1.82, 2.24) is 14.8 Å². The number of piperazine rings is 1. The first-order valence-corrected chi connectivity index (χ1v) is 11.4. The van der Waals surface area contributed by atoms with E-state index in [1.807, 2.05) is 11.8 Å².